The SMILES string of the molecule is CCc1[nH]nc2c1[C@@H](c1ccc(F)c(F)c1)C(C#N)=C(N)O2. The molecule has 1 aromatic carbocycles. The molecule has 3 N–H and O–H groups in total. The standard InChI is InChI=1S/C15H12F2N4O/c1-2-11-13-12(7-3-4-9(16)10(17)5-7)8(6-18)14(19)22-15(13)21-20-11/h3-5,12H,2,19H2,1H3,(H,20,21)/t12-/m0/s1. The fourth-order valence-electron chi connectivity index (χ4n) is 2.60. The molecule has 3 rings (SSSR count). The van der Waals surface area contributed by atoms with Crippen molar-refractivity contribution in [2.45, 2.75) is 19.3 Å². The van der Waals surface area contributed by atoms with Gasteiger partial charge in [-0.15, -0.1) is 5.10 Å². The fourth-order valence-corrected chi connectivity index (χ4v) is 2.60. The number of nitrogens with zero attached hydrogens (tertiary/aromatic N) is 2. The van der Waals surface area contributed by atoms with Gasteiger partial charge in [0.15, 0.2) is 11.6 Å². The largest absolute Gasteiger partial charge is 0.420 e. The molecule has 0 aliphatic carbocycles. The van der Waals surface area contributed by atoms with Crippen LogP contribution >= 0.6 is 0 Å². The van der Waals surface area contributed by atoms with Crippen LogP contribution in [0.2, 0.25) is 0 Å². The van der Waals surface area contributed by atoms with Crippen LogP contribution < -0.4 is 10.5 Å². The first-order valence-corrected chi connectivity index (χ1v) is 6.66. The van der Waals surface area contributed by atoms with Crippen LogP contribution in [0.15, 0.2) is 29.7 Å². The number of allylic oxidation sites excluding steroid dienone is 1. The maximum Gasteiger partial charge on any atom is 0.244 e. The lowest BCUT2D eigenvalue weighted by molar-refractivity contribution is 0.378. The van der Waals surface area contributed by atoms with E-state index in [1.54, 1.807) is 0 Å². The smallest absolute Gasteiger partial charge is 0.244 e. The Morgan fingerprint density at radius 3 is 2.82 bits per heavy atom. The lowest BCUT2D eigenvalue weighted by Gasteiger charge is -2.24. The number of hydrogen-bond acceptors (Lipinski definition) is 4. The first kappa shape index (κ1) is 14.1. The third-order valence-electron chi connectivity index (χ3n) is 3.65. The van der Waals surface area contributed by atoms with Gasteiger partial charge in [-0.2, -0.15) is 5.26 Å². The highest BCUT2D eigenvalue weighted by Crippen LogP contribution is 2.43. The molecule has 7 heteroatoms. The van der Waals surface area contributed by atoms with Crippen molar-refractivity contribution < 1.29 is 13.5 Å². The summed E-state index contributed by atoms with van der Waals surface area (Å²) >= 11 is 0. The van der Waals surface area contributed by atoms with Crippen LogP contribution in [0.25, 0.3) is 0 Å². The van der Waals surface area contributed by atoms with Crippen molar-refractivity contribution in [2.24, 2.45) is 5.73 Å². The average molecular weight is 302 g/mol. The highest BCUT2D eigenvalue weighted by Gasteiger charge is 2.35. The number of rotatable bonds is 2. The number of nitrogens with one attached hydrogen (secondary N) is 1. The Balaban J connectivity index is 2.24. The second kappa shape index (κ2) is 5.15. The van der Waals surface area contributed by atoms with E-state index in [0.29, 0.717) is 17.5 Å². The zero-order chi connectivity index (χ0) is 15.9. The molecule has 22 heavy (non-hydrogen) atoms. The Bertz CT molecular complexity index is 819. The zero-order valence-corrected chi connectivity index (χ0v) is 11.7. The van der Waals surface area contributed by atoms with Crippen LogP contribution in [-0.2, 0) is 6.42 Å². The molecular weight excluding hydrogens is 290 g/mol. The van der Waals surface area contributed by atoms with Crippen LogP contribution in [0.5, 0.6) is 5.88 Å². The molecule has 1 aliphatic rings. The minimum atomic E-state index is -0.983. The molecule has 2 heterocycles. The van der Waals surface area contributed by atoms with E-state index in [2.05, 4.69) is 10.2 Å². The number of benzene rings is 1. The van der Waals surface area contributed by atoms with Crippen molar-refractivity contribution in [2.75, 3.05) is 0 Å². The summed E-state index contributed by atoms with van der Waals surface area (Å²) in [4.78, 5) is 0. The van der Waals surface area contributed by atoms with Gasteiger partial charge in [-0.1, -0.05) is 13.0 Å². The van der Waals surface area contributed by atoms with Crippen LogP contribution in [0.3, 0.4) is 0 Å². The molecule has 1 aliphatic heterocycles. The Labute approximate surface area is 125 Å². The number of aromatic nitrogens is 2. The minimum absolute atomic E-state index is 0.0844. The van der Waals surface area contributed by atoms with E-state index in [9.17, 15) is 14.0 Å². The van der Waals surface area contributed by atoms with Gasteiger partial charge >= 0.3 is 0 Å². The van der Waals surface area contributed by atoms with Gasteiger partial charge in [-0.05, 0) is 24.1 Å². The number of aryl methyl sites for hydroxylation is 1. The van der Waals surface area contributed by atoms with Gasteiger partial charge in [0.25, 0.3) is 0 Å². The van der Waals surface area contributed by atoms with Gasteiger partial charge in [0.2, 0.25) is 11.8 Å². The number of halogens is 2. The maximum atomic E-state index is 13.6. The van der Waals surface area contributed by atoms with E-state index in [1.165, 1.54) is 6.07 Å². The molecule has 2 aromatic rings. The number of nitriles is 1. The predicted octanol–water partition coefficient (Wildman–Crippen LogP) is 2.47. The molecule has 1 aromatic heterocycles. The summed E-state index contributed by atoms with van der Waals surface area (Å²) in [6, 6.07) is 5.50. The molecule has 1 atom stereocenters. The lowest BCUT2D eigenvalue weighted by Crippen LogP contribution is -2.21. The van der Waals surface area contributed by atoms with Crippen LogP contribution in [0, 0.1) is 23.0 Å². The molecule has 5 nitrogen and oxygen atoms in total. The van der Waals surface area contributed by atoms with Gasteiger partial charge in [0, 0.05) is 11.3 Å². The molecule has 0 saturated carbocycles. The van der Waals surface area contributed by atoms with Crippen LogP contribution in [0.4, 0.5) is 8.78 Å². The number of fused-ring (bicyclic) bond motifs is 1. The third kappa shape index (κ3) is 2.00. The van der Waals surface area contributed by atoms with Crippen molar-refractivity contribution in [1.82, 2.24) is 10.2 Å². The summed E-state index contributed by atoms with van der Waals surface area (Å²) < 4.78 is 32.1. The molecule has 0 amide bonds. The molecule has 0 spiro atoms. The first-order valence-electron chi connectivity index (χ1n) is 6.66. The van der Waals surface area contributed by atoms with Gasteiger partial charge in [0.05, 0.1) is 5.92 Å². The Hall–Kier alpha value is -2.88. The number of hydrogen-bond donors (Lipinski definition) is 2. The number of aromatic amines is 1. The van der Waals surface area contributed by atoms with Crippen LogP contribution in [0.1, 0.15) is 29.7 Å². The van der Waals surface area contributed by atoms with Crippen molar-refractivity contribution in [3.8, 4) is 11.9 Å². The van der Waals surface area contributed by atoms with E-state index in [0.717, 1.165) is 17.8 Å². The first-order chi connectivity index (χ1) is 10.6. The van der Waals surface area contributed by atoms with Crippen molar-refractivity contribution >= 4 is 0 Å². The lowest BCUT2D eigenvalue weighted by atomic mass is 9.83. The van der Waals surface area contributed by atoms with E-state index in [-0.39, 0.29) is 17.3 Å². The topological polar surface area (TPSA) is 87.7 Å². The highest BCUT2D eigenvalue weighted by atomic mass is 19.2. The monoisotopic (exact) mass is 302 g/mol. The van der Waals surface area contributed by atoms with E-state index < -0.39 is 17.6 Å². The Morgan fingerprint density at radius 2 is 2.18 bits per heavy atom. The average Bonchev–Trinajstić information content (AvgIpc) is 2.91. The van der Waals surface area contributed by atoms with Crippen molar-refractivity contribution in [3.63, 3.8) is 0 Å². The zero-order valence-electron chi connectivity index (χ0n) is 11.7. The molecule has 0 unspecified atom stereocenters. The quantitative estimate of drug-likeness (QED) is 0.892. The normalized spacial score (nSPS) is 16.9. The number of ether oxygens (including phenoxy) is 1. The highest BCUT2D eigenvalue weighted by molar-refractivity contribution is 5.55. The Kier molecular flexibility index (Phi) is 3.29. The minimum Gasteiger partial charge on any atom is -0.420 e. The summed E-state index contributed by atoms with van der Waals surface area (Å²) in [5, 5.41) is 16.2. The molecule has 0 bridgehead atoms. The third-order valence-corrected chi connectivity index (χ3v) is 3.65. The van der Waals surface area contributed by atoms with Crippen LogP contribution in [-0.4, -0.2) is 10.2 Å². The second-order valence-corrected chi connectivity index (χ2v) is 4.87. The van der Waals surface area contributed by atoms with E-state index in [1.807, 2.05) is 13.0 Å². The maximum absolute atomic E-state index is 13.6. The number of H-pyrrole nitrogens is 1. The van der Waals surface area contributed by atoms with Gasteiger partial charge in [0.1, 0.15) is 11.6 Å². The van der Waals surface area contributed by atoms with Crippen molar-refractivity contribution in [3.05, 3.63) is 58.1 Å². The molecule has 0 fully saturated rings. The van der Waals surface area contributed by atoms with E-state index in [4.69, 9.17) is 10.5 Å². The Morgan fingerprint density at radius 1 is 1.41 bits per heavy atom. The molecular formula is C15H12F2N4O. The summed E-state index contributed by atoms with van der Waals surface area (Å²) in [5.41, 5.74) is 7.71. The number of nitrogens with two attached hydrogens (primary N) is 1. The fraction of sp³-hybridized carbons (Fsp3) is 0.200. The summed E-state index contributed by atoms with van der Waals surface area (Å²) in [7, 11) is 0. The summed E-state index contributed by atoms with van der Waals surface area (Å²) in [6.07, 6.45) is 0.616. The van der Waals surface area contributed by atoms with E-state index >= 15 is 0 Å². The van der Waals surface area contributed by atoms with Crippen molar-refractivity contribution in [1.29, 1.82) is 5.26 Å². The predicted molar refractivity (Wildman–Crippen MR) is 73.6 cm³/mol. The molecule has 0 radical (unpaired) electrons. The molecule has 112 valence electrons. The van der Waals surface area contributed by atoms with Gasteiger partial charge in [-0.3, -0.25) is 5.10 Å². The second-order valence-electron chi connectivity index (χ2n) is 4.87. The summed E-state index contributed by atoms with van der Waals surface area (Å²) in [5.74, 6) is -2.41. The van der Waals surface area contributed by atoms with Gasteiger partial charge < -0.3 is 10.5 Å². The molecule has 0 saturated heterocycles. The van der Waals surface area contributed by atoms with Gasteiger partial charge in [-0.25, -0.2) is 8.78 Å². The summed E-state index contributed by atoms with van der Waals surface area (Å²) in [6.45, 7) is 1.91.